The molecule has 0 amide bonds. The van der Waals surface area contributed by atoms with Gasteiger partial charge in [0.2, 0.25) is 0 Å². The van der Waals surface area contributed by atoms with Crippen LogP contribution in [0.1, 0.15) is 73.1 Å². The van der Waals surface area contributed by atoms with Crippen molar-refractivity contribution in [1.82, 2.24) is 0 Å². The first kappa shape index (κ1) is 31.1. The van der Waals surface area contributed by atoms with Crippen molar-refractivity contribution in [3.63, 3.8) is 0 Å². The zero-order valence-electron chi connectivity index (χ0n) is 24.8. The zero-order valence-corrected chi connectivity index (χ0v) is 24.8. The number of methoxy groups -OCH3 is 1. The van der Waals surface area contributed by atoms with E-state index in [0.29, 0.717) is 37.2 Å². The second-order valence-electron chi connectivity index (χ2n) is 12.5. The summed E-state index contributed by atoms with van der Waals surface area (Å²) in [5, 5.41) is 33.8. The van der Waals surface area contributed by atoms with Crippen LogP contribution in [-0.2, 0) is 23.7 Å². The van der Waals surface area contributed by atoms with Crippen LogP contribution >= 0.6 is 0 Å². The Balaban J connectivity index is 1.76. The number of fused-ring (bicyclic) bond motifs is 3. The topological polar surface area (TPSA) is 115 Å². The number of hydrogen-bond acceptors (Lipinski definition) is 8. The third-order valence-corrected chi connectivity index (χ3v) is 9.30. The molecule has 4 aliphatic rings. The molecule has 2 bridgehead atoms. The standard InChI is InChI=1S/C32H48O8/c1-19-8-7-9-24(18-33)32(36)27(15-22(4)28(37-6)29(32)34)30(35)38-26-16-25(11-10-20(2)14-19)40-31(17-26)13-12-21(3)23(5)39-31/h7-10,15,19,21,23,25-29,33-34,36H,11-14,16-18H2,1-6H3/b8-7+,20-10+,24-9+/t19-,21-,23+,25+,26-,27-,28+,29+,31-,32+/m0/s1. The minimum absolute atomic E-state index is 0.0130. The van der Waals surface area contributed by atoms with Crippen molar-refractivity contribution in [2.75, 3.05) is 13.7 Å². The molecule has 3 N–H and O–H groups in total. The highest BCUT2D eigenvalue weighted by molar-refractivity contribution is 5.78. The Morgan fingerprint density at radius 1 is 1.15 bits per heavy atom. The first-order chi connectivity index (χ1) is 18.9. The Morgan fingerprint density at radius 2 is 1.90 bits per heavy atom. The molecule has 2 saturated heterocycles. The number of rotatable bonds is 2. The normalized spacial score (nSPS) is 46.7. The lowest BCUT2D eigenvalue weighted by molar-refractivity contribution is -0.332. The summed E-state index contributed by atoms with van der Waals surface area (Å²) in [6, 6.07) is 0. The average molecular weight is 561 g/mol. The van der Waals surface area contributed by atoms with Crippen molar-refractivity contribution in [3.05, 3.63) is 47.1 Å². The largest absolute Gasteiger partial charge is 0.462 e. The Kier molecular flexibility index (Phi) is 9.80. The van der Waals surface area contributed by atoms with Gasteiger partial charge in [-0.05, 0) is 63.0 Å². The van der Waals surface area contributed by atoms with E-state index in [9.17, 15) is 20.1 Å². The SMILES string of the molecule is CO[C@@H]1C(C)=C[C@H]2C(=O)O[C@H]3C[C@@H](C/C=C(\C)C[C@@H](C)/C=C/C=C(\CO)[C@]2(O)[C@@H]1O)O[C@@]1(CC[C@H](C)[C@@H](C)O1)C3. The van der Waals surface area contributed by atoms with Crippen LogP contribution in [0.5, 0.6) is 0 Å². The van der Waals surface area contributed by atoms with Crippen LogP contribution in [0.4, 0.5) is 0 Å². The summed E-state index contributed by atoms with van der Waals surface area (Å²) in [6.07, 6.45) is 10.2. The predicted molar refractivity (Wildman–Crippen MR) is 151 cm³/mol. The molecule has 0 saturated carbocycles. The molecule has 8 nitrogen and oxygen atoms in total. The molecule has 0 aromatic carbocycles. The van der Waals surface area contributed by atoms with Crippen LogP contribution in [-0.4, -0.2) is 76.9 Å². The summed E-state index contributed by atoms with van der Waals surface area (Å²) in [6.45, 7) is 9.63. The van der Waals surface area contributed by atoms with Crippen molar-refractivity contribution in [1.29, 1.82) is 0 Å². The number of allylic oxidation sites excluding steroid dienone is 4. The summed E-state index contributed by atoms with van der Waals surface area (Å²) in [4.78, 5) is 13.9. The Labute approximate surface area is 238 Å². The van der Waals surface area contributed by atoms with Gasteiger partial charge in [-0.1, -0.05) is 49.8 Å². The number of carbonyl (C=O) groups excluding carboxylic acids is 1. The molecule has 1 spiro atoms. The molecule has 8 heteroatoms. The van der Waals surface area contributed by atoms with E-state index >= 15 is 0 Å². The summed E-state index contributed by atoms with van der Waals surface area (Å²) in [5.74, 6) is -2.15. The number of aliphatic hydroxyl groups excluding tert-OH is 2. The lowest BCUT2D eigenvalue weighted by Crippen LogP contribution is -2.61. The fraction of sp³-hybridized carbons (Fsp3) is 0.719. The molecule has 0 aromatic heterocycles. The van der Waals surface area contributed by atoms with Gasteiger partial charge in [0, 0.05) is 26.4 Å². The molecular formula is C32H48O8. The molecule has 3 aliphatic heterocycles. The van der Waals surface area contributed by atoms with E-state index in [2.05, 4.69) is 33.8 Å². The molecular weight excluding hydrogens is 512 g/mol. The van der Waals surface area contributed by atoms with E-state index in [4.69, 9.17) is 18.9 Å². The predicted octanol–water partition coefficient (Wildman–Crippen LogP) is 4.14. The first-order valence-corrected chi connectivity index (χ1v) is 14.7. The molecule has 2 fully saturated rings. The fourth-order valence-corrected chi connectivity index (χ4v) is 6.79. The zero-order chi connectivity index (χ0) is 29.2. The van der Waals surface area contributed by atoms with E-state index in [1.807, 2.05) is 6.08 Å². The summed E-state index contributed by atoms with van der Waals surface area (Å²) >= 11 is 0. The van der Waals surface area contributed by atoms with Crippen molar-refractivity contribution in [2.45, 2.75) is 115 Å². The van der Waals surface area contributed by atoms with Crippen molar-refractivity contribution in [2.24, 2.45) is 17.8 Å². The molecule has 0 aromatic rings. The van der Waals surface area contributed by atoms with Gasteiger partial charge < -0.3 is 34.3 Å². The van der Waals surface area contributed by atoms with Gasteiger partial charge in [0.05, 0.1) is 18.8 Å². The highest BCUT2D eigenvalue weighted by atomic mass is 16.7. The van der Waals surface area contributed by atoms with Gasteiger partial charge in [-0.15, -0.1) is 0 Å². The van der Waals surface area contributed by atoms with Gasteiger partial charge in [0.15, 0.2) is 5.79 Å². The average Bonchev–Trinajstić information content (AvgIpc) is 2.89. The summed E-state index contributed by atoms with van der Waals surface area (Å²) in [5.41, 5.74) is -0.169. The van der Waals surface area contributed by atoms with Crippen LogP contribution in [0, 0.1) is 17.8 Å². The minimum atomic E-state index is -2.12. The number of carbonyl (C=O) groups is 1. The maximum atomic E-state index is 13.9. The quantitative estimate of drug-likeness (QED) is 0.341. The monoisotopic (exact) mass is 560 g/mol. The lowest BCUT2D eigenvalue weighted by atomic mass is 9.69. The molecule has 10 atom stereocenters. The summed E-state index contributed by atoms with van der Waals surface area (Å²) in [7, 11) is 1.44. The van der Waals surface area contributed by atoms with E-state index < -0.39 is 48.2 Å². The number of esters is 1. The molecule has 40 heavy (non-hydrogen) atoms. The second kappa shape index (κ2) is 12.6. The molecule has 1 aliphatic carbocycles. The molecule has 224 valence electrons. The van der Waals surface area contributed by atoms with Gasteiger partial charge in [-0.3, -0.25) is 4.79 Å². The third-order valence-electron chi connectivity index (χ3n) is 9.30. The Morgan fingerprint density at radius 3 is 2.58 bits per heavy atom. The van der Waals surface area contributed by atoms with Crippen LogP contribution in [0.25, 0.3) is 0 Å². The van der Waals surface area contributed by atoms with Crippen molar-refractivity contribution >= 4 is 5.97 Å². The van der Waals surface area contributed by atoms with E-state index in [1.165, 1.54) is 12.7 Å². The highest BCUT2D eigenvalue weighted by Crippen LogP contribution is 2.44. The Bertz CT molecular complexity index is 1050. The lowest BCUT2D eigenvalue weighted by Gasteiger charge is -2.49. The van der Waals surface area contributed by atoms with Crippen LogP contribution in [0.3, 0.4) is 0 Å². The Hall–Kier alpha value is -1.81. The first-order valence-electron chi connectivity index (χ1n) is 14.7. The number of hydrogen-bond donors (Lipinski definition) is 3. The van der Waals surface area contributed by atoms with Crippen LogP contribution in [0.15, 0.2) is 47.1 Å². The maximum absolute atomic E-state index is 13.9. The van der Waals surface area contributed by atoms with Gasteiger partial charge in [-0.2, -0.15) is 0 Å². The molecule has 0 unspecified atom stereocenters. The molecule has 0 radical (unpaired) electrons. The molecule has 4 rings (SSSR count). The maximum Gasteiger partial charge on any atom is 0.316 e. The fourth-order valence-electron chi connectivity index (χ4n) is 6.79. The van der Waals surface area contributed by atoms with E-state index in [0.717, 1.165) is 12.8 Å². The van der Waals surface area contributed by atoms with Gasteiger partial charge in [0.25, 0.3) is 0 Å². The number of ether oxygens (including phenoxy) is 4. The van der Waals surface area contributed by atoms with E-state index in [-0.39, 0.29) is 23.7 Å². The van der Waals surface area contributed by atoms with Gasteiger partial charge in [0.1, 0.15) is 29.8 Å². The van der Waals surface area contributed by atoms with Crippen LogP contribution in [0.2, 0.25) is 0 Å². The number of aliphatic hydroxyl groups is 3. The van der Waals surface area contributed by atoms with Crippen molar-refractivity contribution < 1.29 is 39.1 Å². The van der Waals surface area contributed by atoms with E-state index in [1.54, 1.807) is 25.2 Å². The van der Waals surface area contributed by atoms with Crippen molar-refractivity contribution in [3.8, 4) is 0 Å². The second-order valence-corrected chi connectivity index (χ2v) is 12.5. The smallest absolute Gasteiger partial charge is 0.316 e. The van der Waals surface area contributed by atoms with Gasteiger partial charge in [-0.25, -0.2) is 0 Å². The third kappa shape index (κ3) is 6.32. The molecule has 3 heterocycles. The highest BCUT2D eigenvalue weighted by Gasteiger charge is 2.56. The summed E-state index contributed by atoms with van der Waals surface area (Å²) < 4.78 is 24.7. The minimum Gasteiger partial charge on any atom is -0.462 e. The van der Waals surface area contributed by atoms with Gasteiger partial charge >= 0.3 is 5.97 Å². The van der Waals surface area contributed by atoms with Crippen LogP contribution < -0.4 is 0 Å².